The van der Waals surface area contributed by atoms with Crippen LogP contribution in [0.5, 0.6) is 0 Å². The monoisotopic (exact) mass is 200 g/mol. The number of carboxylic acid groups (broad SMARTS) is 1. The smallest absolute Gasteiger partial charge is 0.475 e. The van der Waals surface area contributed by atoms with Gasteiger partial charge < -0.3 is 9.90 Å². The molecule has 13 heavy (non-hydrogen) atoms. The first-order valence-electron chi connectivity index (χ1n) is 3.51. The molecule has 0 bridgehead atoms. The second-order valence-corrected chi connectivity index (χ2v) is 2.25. The topological polar surface area (TPSA) is 54.4 Å². The van der Waals surface area contributed by atoms with E-state index in [0.29, 0.717) is 0 Å². The van der Waals surface area contributed by atoms with Gasteiger partial charge in [0.15, 0.2) is 0 Å². The van der Waals surface area contributed by atoms with Gasteiger partial charge >= 0.3 is 12.1 Å². The average Bonchev–Trinajstić information content (AvgIpc) is 1.85. The summed E-state index contributed by atoms with van der Waals surface area (Å²) in [5.41, 5.74) is 0. The van der Waals surface area contributed by atoms with Crippen LogP contribution in [0.3, 0.4) is 0 Å². The number of carbonyl (C=O) groups excluding carboxylic acids is 1. The number of ketones is 1. The van der Waals surface area contributed by atoms with E-state index in [9.17, 15) is 18.0 Å². The van der Waals surface area contributed by atoms with Crippen molar-refractivity contribution in [3.63, 3.8) is 0 Å². The van der Waals surface area contributed by atoms with Crippen molar-refractivity contribution < 1.29 is 27.9 Å². The van der Waals surface area contributed by atoms with Crippen molar-refractivity contribution in [2.75, 3.05) is 0 Å². The molecule has 0 unspecified atom stereocenters. The maximum absolute atomic E-state index is 10.6. The van der Waals surface area contributed by atoms with Gasteiger partial charge in [-0.25, -0.2) is 4.79 Å². The zero-order valence-electron chi connectivity index (χ0n) is 7.31. The fourth-order valence-electron chi connectivity index (χ4n) is 0.352. The molecule has 78 valence electrons. The second kappa shape index (κ2) is 6.45. The zero-order chi connectivity index (χ0) is 11.1. The average molecular weight is 200 g/mol. The molecule has 0 fully saturated rings. The van der Waals surface area contributed by atoms with E-state index in [1.165, 1.54) is 0 Å². The molecule has 0 amide bonds. The largest absolute Gasteiger partial charge is 0.490 e. The predicted molar refractivity (Wildman–Crippen MR) is 39.3 cm³/mol. The first-order valence-corrected chi connectivity index (χ1v) is 3.51. The van der Waals surface area contributed by atoms with Crippen molar-refractivity contribution >= 4 is 11.8 Å². The molecular formula is C7H11F3O3. The van der Waals surface area contributed by atoms with Crippen LogP contribution in [0, 0.1) is 0 Å². The SMILES string of the molecule is CCCC(C)=O.O=C(O)C(F)(F)F. The minimum atomic E-state index is -5.08. The van der Waals surface area contributed by atoms with Crippen LogP contribution < -0.4 is 0 Å². The van der Waals surface area contributed by atoms with E-state index in [1.54, 1.807) is 6.92 Å². The Bertz CT molecular complexity index is 174. The van der Waals surface area contributed by atoms with Crippen molar-refractivity contribution in [1.29, 1.82) is 0 Å². The van der Waals surface area contributed by atoms with Crippen LogP contribution >= 0.6 is 0 Å². The summed E-state index contributed by atoms with van der Waals surface area (Å²) in [6.07, 6.45) is -3.37. The van der Waals surface area contributed by atoms with Crippen molar-refractivity contribution in [1.82, 2.24) is 0 Å². The van der Waals surface area contributed by atoms with Crippen molar-refractivity contribution in [2.45, 2.75) is 32.9 Å². The number of Topliss-reactive ketones (excluding diaryl/α,β-unsaturated/α-hetero) is 1. The number of carbonyl (C=O) groups is 2. The van der Waals surface area contributed by atoms with E-state index >= 15 is 0 Å². The Morgan fingerprint density at radius 2 is 1.62 bits per heavy atom. The van der Waals surface area contributed by atoms with Gasteiger partial charge in [-0.2, -0.15) is 13.2 Å². The lowest BCUT2D eigenvalue weighted by molar-refractivity contribution is -0.192. The van der Waals surface area contributed by atoms with Gasteiger partial charge in [-0.1, -0.05) is 6.92 Å². The number of halogens is 3. The standard InChI is InChI=1S/C5H10O.C2HF3O2/c1-3-4-5(2)6;3-2(4,5)1(6)7/h3-4H2,1-2H3;(H,6,7). The summed E-state index contributed by atoms with van der Waals surface area (Å²) in [6.45, 7) is 3.62. The van der Waals surface area contributed by atoms with Gasteiger partial charge in [0, 0.05) is 6.42 Å². The van der Waals surface area contributed by atoms with Crippen LogP contribution in [0.25, 0.3) is 0 Å². The van der Waals surface area contributed by atoms with E-state index in [1.807, 2.05) is 6.92 Å². The van der Waals surface area contributed by atoms with Gasteiger partial charge in [0.05, 0.1) is 0 Å². The Labute approximate surface area is 73.5 Å². The van der Waals surface area contributed by atoms with Crippen LogP contribution in [-0.4, -0.2) is 23.0 Å². The van der Waals surface area contributed by atoms with Crippen molar-refractivity contribution in [3.05, 3.63) is 0 Å². The molecule has 0 aromatic rings. The second-order valence-electron chi connectivity index (χ2n) is 2.25. The maximum Gasteiger partial charge on any atom is 0.490 e. The molecule has 0 aromatic carbocycles. The summed E-state index contributed by atoms with van der Waals surface area (Å²) in [4.78, 5) is 18.9. The minimum Gasteiger partial charge on any atom is -0.475 e. The molecule has 0 spiro atoms. The van der Waals surface area contributed by atoms with E-state index in [0.717, 1.165) is 12.8 Å². The molecule has 0 aliphatic carbocycles. The first-order chi connectivity index (χ1) is 5.71. The third-order valence-electron chi connectivity index (χ3n) is 0.845. The van der Waals surface area contributed by atoms with Crippen molar-refractivity contribution in [2.24, 2.45) is 0 Å². The van der Waals surface area contributed by atoms with Gasteiger partial charge in [0.2, 0.25) is 0 Å². The fraction of sp³-hybridized carbons (Fsp3) is 0.714. The van der Waals surface area contributed by atoms with Crippen molar-refractivity contribution in [3.8, 4) is 0 Å². The predicted octanol–water partition coefficient (Wildman–Crippen LogP) is 2.01. The lowest BCUT2D eigenvalue weighted by Gasteiger charge is -1.93. The quantitative estimate of drug-likeness (QED) is 0.741. The molecule has 1 N–H and O–H groups in total. The number of hydrogen-bond acceptors (Lipinski definition) is 2. The number of hydrogen-bond donors (Lipinski definition) is 1. The van der Waals surface area contributed by atoms with E-state index < -0.39 is 12.1 Å². The number of rotatable bonds is 2. The first kappa shape index (κ1) is 14.5. The highest BCUT2D eigenvalue weighted by molar-refractivity contribution is 5.75. The Kier molecular flexibility index (Phi) is 7.17. The number of carboxylic acids is 1. The van der Waals surface area contributed by atoms with Crippen LogP contribution in [0.15, 0.2) is 0 Å². The molecule has 3 nitrogen and oxygen atoms in total. The van der Waals surface area contributed by atoms with E-state index in [4.69, 9.17) is 9.90 Å². The van der Waals surface area contributed by atoms with E-state index in [2.05, 4.69) is 0 Å². The highest BCUT2D eigenvalue weighted by Gasteiger charge is 2.38. The van der Waals surface area contributed by atoms with Crippen LogP contribution in [0.2, 0.25) is 0 Å². The summed E-state index contributed by atoms with van der Waals surface area (Å²) in [6, 6.07) is 0. The fourth-order valence-corrected chi connectivity index (χ4v) is 0.352. The van der Waals surface area contributed by atoms with Gasteiger partial charge in [-0.3, -0.25) is 0 Å². The molecule has 0 heterocycles. The molecule has 0 aliphatic rings. The molecule has 0 radical (unpaired) electrons. The number of alkyl halides is 3. The lowest BCUT2D eigenvalue weighted by atomic mass is 10.3. The Morgan fingerprint density at radius 1 is 1.31 bits per heavy atom. The molecule has 0 aliphatic heterocycles. The highest BCUT2D eigenvalue weighted by atomic mass is 19.4. The van der Waals surface area contributed by atoms with Gasteiger partial charge in [0.1, 0.15) is 5.78 Å². The third kappa shape index (κ3) is 13.9. The summed E-state index contributed by atoms with van der Waals surface area (Å²) in [7, 11) is 0. The summed E-state index contributed by atoms with van der Waals surface area (Å²) >= 11 is 0. The summed E-state index contributed by atoms with van der Waals surface area (Å²) in [5.74, 6) is -2.47. The Hall–Kier alpha value is -1.07. The van der Waals surface area contributed by atoms with Crippen LogP contribution in [-0.2, 0) is 9.59 Å². The molecule has 0 atom stereocenters. The molecule has 0 saturated carbocycles. The Morgan fingerprint density at radius 3 is 1.62 bits per heavy atom. The molecule has 0 rings (SSSR count). The maximum atomic E-state index is 10.6. The normalized spacial score (nSPS) is 9.92. The third-order valence-corrected chi connectivity index (χ3v) is 0.845. The van der Waals surface area contributed by atoms with Gasteiger partial charge in [0.25, 0.3) is 0 Å². The van der Waals surface area contributed by atoms with Crippen LogP contribution in [0.4, 0.5) is 13.2 Å². The lowest BCUT2D eigenvalue weighted by Crippen LogP contribution is -2.21. The summed E-state index contributed by atoms with van der Waals surface area (Å²) in [5, 5.41) is 7.12. The molecule has 6 heteroatoms. The van der Waals surface area contributed by atoms with Gasteiger partial charge in [-0.15, -0.1) is 0 Å². The minimum absolute atomic E-state index is 0.289. The highest BCUT2D eigenvalue weighted by Crippen LogP contribution is 2.13. The molecule has 0 saturated heterocycles. The molecule has 0 aromatic heterocycles. The number of aliphatic carboxylic acids is 1. The summed E-state index contributed by atoms with van der Waals surface area (Å²) < 4.78 is 31.7. The van der Waals surface area contributed by atoms with E-state index in [-0.39, 0.29) is 5.78 Å². The Balaban J connectivity index is 0. The van der Waals surface area contributed by atoms with Crippen LogP contribution in [0.1, 0.15) is 26.7 Å². The molecular weight excluding hydrogens is 189 g/mol. The van der Waals surface area contributed by atoms with Gasteiger partial charge in [-0.05, 0) is 13.3 Å². The zero-order valence-corrected chi connectivity index (χ0v) is 7.31.